The predicted octanol–water partition coefficient (Wildman–Crippen LogP) is 1.35. The van der Waals surface area contributed by atoms with Gasteiger partial charge in [0.15, 0.2) is 0 Å². The van der Waals surface area contributed by atoms with Crippen LogP contribution in [0.2, 0.25) is 0 Å². The first-order valence-corrected chi connectivity index (χ1v) is 6.10. The molecular formula is C14H19NO4. The van der Waals surface area contributed by atoms with Gasteiger partial charge in [0.05, 0.1) is 12.5 Å². The van der Waals surface area contributed by atoms with E-state index in [-0.39, 0.29) is 24.9 Å². The second kappa shape index (κ2) is 7.53. The molecule has 1 rings (SSSR count). The molecule has 5 nitrogen and oxygen atoms in total. The molecule has 1 amide bonds. The maximum Gasteiger partial charge on any atom is 0.323 e. The SMILES string of the molecule is COCCN(CC(=O)O)C(=O)[C@@H](C)c1ccccc1. The van der Waals surface area contributed by atoms with Crippen molar-refractivity contribution in [2.75, 3.05) is 26.8 Å². The van der Waals surface area contributed by atoms with Gasteiger partial charge in [0, 0.05) is 13.7 Å². The normalized spacial score (nSPS) is 11.9. The van der Waals surface area contributed by atoms with Crippen LogP contribution in [0.25, 0.3) is 0 Å². The van der Waals surface area contributed by atoms with Crippen LogP contribution in [0.1, 0.15) is 18.4 Å². The van der Waals surface area contributed by atoms with Gasteiger partial charge in [-0.05, 0) is 12.5 Å². The van der Waals surface area contributed by atoms with Gasteiger partial charge in [0.1, 0.15) is 6.54 Å². The highest BCUT2D eigenvalue weighted by molar-refractivity contribution is 5.86. The van der Waals surface area contributed by atoms with Crippen molar-refractivity contribution in [1.29, 1.82) is 0 Å². The van der Waals surface area contributed by atoms with Crippen molar-refractivity contribution in [3.63, 3.8) is 0 Å². The van der Waals surface area contributed by atoms with E-state index in [1.165, 1.54) is 12.0 Å². The van der Waals surface area contributed by atoms with Gasteiger partial charge in [0.2, 0.25) is 5.91 Å². The Morgan fingerprint density at radius 1 is 1.32 bits per heavy atom. The van der Waals surface area contributed by atoms with Crippen LogP contribution in [0.15, 0.2) is 30.3 Å². The van der Waals surface area contributed by atoms with E-state index in [4.69, 9.17) is 9.84 Å². The summed E-state index contributed by atoms with van der Waals surface area (Å²) in [6.07, 6.45) is 0. The number of nitrogens with zero attached hydrogens (tertiary/aromatic N) is 1. The molecule has 0 aromatic heterocycles. The molecule has 0 bridgehead atoms. The van der Waals surface area contributed by atoms with Crippen molar-refractivity contribution in [2.45, 2.75) is 12.8 Å². The molecule has 0 saturated heterocycles. The number of ether oxygens (including phenoxy) is 1. The Morgan fingerprint density at radius 3 is 2.47 bits per heavy atom. The fourth-order valence-electron chi connectivity index (χ4n) is 1.79. The molecule has 104 valence electrons. The molecular weight excluding hydrogens is 246 g/mol. The van der Waals surface area contributed by atoms with E-state index >= 15 is 0 Å². The van der Waals surface area contributed by atoms with Crippen molar-refractivity contribution in [1.82, 2.24) is 4.90 Å². The summed E-state index contributed by atoms with van der Waals surface area (Å²) >= 11 is 0. The number of benzene rings is 1. The molecule has 1 aromatic carbocycles. The molecule has 1 aromatic rings. The van der Waals surface area contributed by atoms with Crippen LogP contribution in [0.5, 0.6) is 0 Å². The maximum absolute atomic E-state index is 12.3. The van der Waals surface area contributed by atoms with E-state index in [1.54, 1.807) is 6.92 Å². The van der Waals surface area contributed by atoms with Crippen LogP contribution < -0.4 is 0 Å². The highest BCUT2D eigenvalue weighted by atomic mass is 16.5. The zero-order valence-corrected chi connectivity index (χ0v) is 11.2. The summed E-state index contributed by atoms with van der Waals surface area (Å²) in [5.41, 5.74) is 0.875. The molecule has 0 aliphatic heterocycles. The highest BCUT2D eigenvalue weighted by Crippen LogP contribution is 2.17. The molecule has 1 atom stereocenters. The topological polar surface area (TPSA) is 66.8 Å². The third-order valence-electron chi connectivity index (χ3n) is 2.87. The lowest BCUT2D eigenvalue weighted by Gasteiger charge is -2.24. The lowest BCUT2D eigenvalue weighted by molar-refractivity contribution is -0.145. The number of carboxylic acid groups (broad SMARTS) is 1. The van der Waals surface area contributed by atoms with Gasteiger partial charge in [-0.25, -0.2) is 0 Å². The van der Waals surface area contributed by atoms with Gasteiger partial charge in [0.25, 0.3) is 0 Å². The van der Waals surface area contributed by atoms with Crippen LogP contribution in [0.4, 0.5) is 0 Å². The number of hydrogen-bond donors (Lipinski definition) is 1. The van der Waals surface area contributed by atoms with Crippen LogP contribution in [-0.2, 0) is 14.3 Å². The monoisotopic (exact) mass is 265 g/mol. The fraction of sp³-hybridized carbons (Fsp3) is 0.429. The molecule has 1 N–H and O–H groups in total. The van der Waals surface area contributed by atoms with Crippen molar-refractivity contribution in [3.05, 3.63) is 35.9 Å². The number of rotatable bonds is 7. The zero-order valence-electron chi connectivity index (χ0n) is 11.2. The fourth-order valence-corrected chi connectivity index (χ4v) is 1.79. The number of aliphatic carboxylic acids is 1. The minimum atomic E-state index is -1.02. The van der Waals surface area contributed by atoms with Gasteiger partial charge >= 0.3 is 5.97 Å². The Morgan fingerprint density at radius 2 is 1.95 bits per heavy atom. The standard InChI is InChI=1S/C14H19NO4/c1-11(12-6-4-3-5-7-12)14(18)15(8-9-19-2)10-13(16)17/h3-7,11H,8-10H2,1-2H3,(H,16,17)/t11-/m0/s1. The number of amides is 1. The number of methoxy groups -OCH3 is 1. The summed E-state index contributed by atoms with van der Waals surface area (Å²) in [6, 6.07) is 9.31. The average molecular weight is 265 g/mol. The van der Waals surface area contributed by atoms with Crippen molar-refractivity contribution in [3.8, 4) is 0 Å². The number of carbonyl (C=O) groups excluding carboxylic acids is 1. The molecule has 19 heavy (non-hydrogen) atoms. The Balaban J connectivity index is 2.77. The Kier molecular flexibility index (Phi) is 6.02. The van der Waals surface area contributed by atoms with Crippen molar-refractivity contribution in [2.24, 2.45) is 0 Å². The Hall–Kier alpha value is -1.88. The smallest absolute Gasteiger partial charge is 0.323 e. The summed E-state index contributed by atoms with van der Waals surface area (Å²) in [5.74, 6) is -1.59. The second-order valence-corrected chi connectivity index (χ2v) is 4.28. The zero-order chi connectivity index (χ0) is 14.3. The molecule has 0 aliphatic carbocycles. The molecule has 0 radical (unpaired) electrons. The van der Waals surface area contributed by atoms with Crippen LogP contribution in [0.3, 0.4) is 0 Å². The largest absolute Gasteiger partial charge is 0.480 e. The number of carboxylic acids is 1. The van der Waals surface area contributed by atoms with Gasteiger partial charge in [-0.1, -0.05) is 30.3 Å². The second-order valence-electron chi connectivity index (χ2n) is 4.28. The average Bonchev–Trinajstić information content (AvgIpc) is 2.42. The van der Waals surface area contributed by atoms with E-state index in [0.29, 0.717) is 6.61 Å². The van der Waals surface area contributed by atoms with E-state index in [0.717, 1.165) is 5.56 Å². The molecule has 0 aliphatic rings. The molecule has 0 heterocycles. The van der Waals surface area contributed by atoms with Crippen LogP contribution >= 0.6 is 0 Å². The summed E-state index contributed by atoms with van der Waals surface area (Å²) < 4.78 is 4.90. The van der Waals surface area contributed by atoms with Gasteiger partial charge < -0.3 is 14.7 Å². The molecule has 0 saturated carbocycles. The molecule has 5 heteroatoms. The first-order chi connectivity index (χ1) is 9.06. The predicted molar refractivity (Wildman–Crippen MR) is 70.9 cm³/mol. The number of hydrogen-bond acceptors (Lipinski definition) is 3. The lowest BCUT2D eigenvalue weighted by Crippen LogP contribution is -2.40. The minimum Gasteiger partial charge on any atom is -0.480 e. The Labute approximate surface area is 112 Å². The Bertz CT molecular complexity index is 419. The first-order valence-electron chi connectivity index (χ1n) is 6.10. The van der Waals surface area contributed by atoms with E-state index in [1.807, 2.05) is 30.3 Å². The first kappa shape index (κ1) is 15.2. The van der Waals surface area contributed by atoms with E-state index < -0.39 is 5.97 Å². The van der Waals surface area contributed by atoms with E-state index in [9.17, 15) is 9.59 Å². The summed E-state index contributed by atoms with van der Waals surface area (Å²) in [4.78, 5) is 24.4. The van der Waals surface area contributed by atoms with Crippen molar-refractivity contribution < 1.29 is 19.4 Å². The van der Waals surface area contributed by atoms with Crippen molar-refractivity contribution >= 4 is 11.9 Å². The maximum atomic E-state index is 12.3. The summed E-state index contributed by atoms with van der Waals surface area (Å²) in [6.45, 7) is 2.07. The summed E-state index contributed by atoms with van der Waals surface area (Å²) in [7, 11) is 1.52. The highest BCUT2D eigenvalue weighted by Gasteiger charge is 2.23. The molecule has 0 fully saturated rings. The van der Waals surface area contributed by atoms with Gasteiger partial charge in [-0.15, -0.1) is 0 Å². The van der Waals surface area contributed by atoms with Crippen LogP contribution in [-0.4, -0.2) is 48.7 Å². The minimum absolute atomic E-state index is 0.203. The van der Waals surface area contributed by atoms with Gasteiger partial charge in [-0.2, -0.15) is 0 Å². The molecule has 0 spiro atoms. The third kappa shape index (κ3) is 4.71. The molecule has 0 unspecified atom stereocenters. The quantitative estimate of drug-likeness (QED) is 0.808. The van der Waals surface area contributed by atoms with E-state index in [2.05, 4.69) is 0 Å². The van der Waals surface area contributed by atoms with Crippen LogP contribution in [0, 0.1) is 0 Å². The summed E-state index contributed by atoms with van der Waals surface area (Å²) in [5, 5.41) is 8.85. The third-order valence-corrected chi connectivity index (χ3v) is 2.87. The van der Waals surface area contributed by atoms with Gasteiger partial charge in [-0.3, -0.25) is 9.59 Å². The number of carbonyl (C=O) groups is 2. The lowest BCUT2D eigenvalue weighted by atomic mass is 10.00.